The Morgan fingerprint density at radius 1 is 1.12 bits per heavy atom. The van der Waals surface area contributed by atoms with Gasteiger partial charge in [-0.3, -0.25) is 0 Å². The van der Waals surface area contributed by atoms with E-state index in [4.69, 9.17) is 14.7 Å². The molecule has 0 spiro atoms. The van der Waals surface area contributed by atoms with Gasteiger partial charge in [0.05, 0.1) is 25.5 Å². The Hall–Kier alpha value is -3.20. The monoisotopic (exact) mass is 353 g/mol. The molecule has 2 amide bonds. The summed E-state index contributed by atoms with van der Waals surface area (Å²) < 4.78 is 10.6. The molecular formula is C20H23N3O3. The number of methoxy groups -OCH3 is 2. The minimum atomic E-state index is -0.360. The average Bonchev–Trinajstić information content (AvgIpc) is 2.66. The third kappa shape index (κ3) is 4.45. The van der Waals surface area contributed by atoms with Crippen molar-refractivity contribution in [2.45, 2.75) is 19.3 Å². The SMILES string of the molecule is COc1ccc(C(C)(C)CNC(=O)Nc2ccccc2C#N)cc1OC. The maximum atomic E-state index is 12.2. The molecule has 0 aliphatic rings. The summed E-state index contributed by atoms with van der Waals surface area (Å²) in [5, 5.41) is 14.7. The first-order chi connectivity index (χ1) is 12.4. The number of carbonyl (C=O) groups is 1. The van der Waals surface area contributed by atoms with E-state index < -0.39 is 0 Å². The van der Waals surface area contributed by atoms with Crippen LogP contribution in [0.4, 0.5) is 10.5 Å². The molecule has 2 aromatic rings. The van der Waals surface area contributed by atoms with Crippen LogP contribution in [0.15, 0.2) is 42.5 Å². The molecule has 0 atom stereocenters. The fourth-order valence-electron chi connectivity index (χ4n) is 2.52. The van der Waals surface area contributed by atoms with E-state index in [1.807, 2.05) is 32.0 Å². The van der Waals surface area contributed by atoms with Crippen LogP contribution in [0.5, 0.6) is 11.5 Å². The second-order valence-electron chi connectivity index (χ2n) is 6.42. The van der Waals surface area contributed by atoms with Gasteiger partial charge in [-0.15, -0.1) is 0 Å². The lowest BCUT2D eigenvalue weighted by atomic mass is 9.84. The minimum absolute atomic E-state index is 0.328. The lowest BCUT2D eigenvalue weighted by molar-refractivity contribution is 0.249. The molecule has 6 heteroatoms. The number of hydrogen-bond donors (Lipinski definition) is 2. The molecule has 2 rings (SSSR count). The van der Waals surface area contributed by atoms with Gasteiger partial charge in [-0.2, -0.15) is 5.26 Å². The molecule has 0 heterocycles. The van der Waals surface area contributed by atoms with Gasteiger partial charge in [0.15, 0.2) is 11.5 Å². The summed E-state index contributed by atoms with van der Waals surface area (Å²) >= 11 is 0. The summed E-state index contributed by atoms with van der Waals surface area (Å²) in [6, 6.07) is 14.3. The van der Waals surface area contributed by atoms with Crippen LogP contribution in [0.1, 0.15) is 25.0 Å². The summed E-state index contributed by atoms with van der Waals surface area (Å²) in [7, 11) is 3.18. The standard InChI is InChI=1S/C20H23N3O3/c1-20(2,15-9-10-17(25-3)18(11-15)26-4)13-22-19(24)23-16-8-6-5-7-14(16)12-21/h5-11H,13H2,1-4H3,(H2,22,23,24). The summed E-state index contributed by atoms with van der Waals surface area (Å²) in [5.41, 5.74) is 1.58. The van der Waals surface area contributed by atoms with Crippen LogP contribution in [0.25, 0.3) is 0 Å². The fraction of sp³-hybridized carbons (Fsp3) is 0.300. The molecule has 6 nitrogen and oxygen atoms in total. The number of nitrogens with one attached hydrogen (secondary N) is 2. The highest BCUT2D eigenvalue weighted by Gasteiger charge is 2.23. The number of ether oxygens (including phenoxy) is 2. The molecule has 0 radical (unpaired) electrons. The molecule has 0 unspecified atom stereocenters. The van der Waals surface area contributed by atoms with Gasteiger partial charge in [0.1, 0.15) is 6.07 Å². The molecule has 136 valence electrons. The second-order valence-corrected chi connectivity index (χ2v) is 6.42. The van der Waals surface area contributed by atoms with Crippen molar-refractivity contribution < 1.29 is 14.3 Å². The van der Waals surface area contributed by atoms with E-state index in [0.29, 0.717) is 29.3 Å². The number of benzene rings is 2. The first kappa shape index (κ1) is 19.1. The van der Waals surface area contributed by atoms with Gasteiger partial charge in [0.25, 0.3) is 0 Å². The molecule has 0 aliphatic carbocycles. The first-order valence-electron chi connectivity index (χ1n) is 8.17. The first-order valence-corrected chi connectivity index (χ1v) is 8.17. The maximum Gasteiger partial charge on any atom is 0.319 e. The molecule has 0 saturated carbocycles. The zero-order valence-electron chi connectivity index (χ0n) is 15.4. The smallest absolute Gasteiger partial charge is 0.319 e. The third-order valence-corrected chi connectivity index (χ3v) is 4.15. The van der Waals surface area contributed by atoms with E-state index in [0.717, 1.165) is 5.56 Å². The molecule has 26 heavy (non-hydrogen) atoms. The van der Waals surface area contributed by atoms with Gasteiger partial charge in [0, 0.05) is 12.0 Å². The average molecular weight is 353 g/mol. The van der Waals surface area contributed by atoms with Crippen LogP contribution >= 0.6 is 0 Å². The molecule has 0 fully saturated rings. The Morgan fingerprint density at radius 2 is 1.81 bits per heavy atom. The number of carbonyl (C=O) groups excluding carboxylic acids is 1. The van der Waals surface area contributed by atoms with Gasteiger partial charge >= 0.3 is 6.03 Å². The third-order valence-electron chi connectivity index (χ3n) is 4.15. The largest absolute Gasteiger partial charge is 0.493 e. The van der Waals surface area contributed by atoms with Crippen LogP contribution in [-0.2, 0) is 5.41 Å². The summed E-state index contributed by atoms with van der Waals surface area (Å²) in [5.74, 6) is 1.30. The Labute approximate surface area is 153 Å². The molecule has 0 aromatic heterocycles. The van der Waals surface area contributed by atoms with Gasteiger partial charge < -0.3 is 20.1 Å². The zero-order chi connectivity index (χ0) is 19.2. The van der Waals surface area contributed by atoms with Gasteiger partial charge in [-0.1, -0.05) is 32.0 Å². The predicted octanol–water partition coefficient (Wildman–Crippen LogP) is 3.67. The van der Waals surface area contributed by atoms with E-state index in [2.05, 4.69) is 16.7 Å². The quantitative estimate of drug-likeness (QED) is 0.830. The Bertz CT molecular complexity index is 825. The Morgan fingerprint density at radius 3 is 2.46 bits per heavy atom. The molecular weight excluding hydrogens is 330 g/mol. The van der Waals surface area contributed by atoms with E-state index in [1.165, 1.54) is 0 Å². The number of hydrogen-bond acceptors (Lipinski definition) is 4. The molecule has 2 aromatic carbocycles. The summed E-state index contributed by atoms with van der Waals surface area (Å²) in [6.45, 7) is 4.46. The van der Waals surface area contributed by atoms with Crippen molar-refractivity contribution in [3.05, 3.63) is 53.6 Å². The topological polar surface area (TPSA) is 83.4 Å². The van der Waals surface area contributed by atoms with Gasteiger partial charge in [-0.05, 0) is 29.8 Å². The Balaban J connectivity index is 2.05. The number of para-hydroxylation sites is 1. The lowest BCUT2D eigenvalue weighted by Crippen LogP contribution is -2.39. The van der Waals surface area contributed by atoms with Gasteiger partial charge in [-0.25, -0.2) is 4.79 Å². The fourth-order valence-corrected chi connectivity index (χ4v) is 2.52. The van der Waals surface area contributed by atoms with Crippen molar-refractivity contribution in [3.63, 3.8) is 0 Å². The number of nitrogens with zero attached hydrogens (tertiary/aromatic N) is 1. The van der Waals surface area contributed by atoms with Crippen LogP contribution in [0, 0.1) is 11.3 Å². The molecule has 0 saturated heterocycles. The van der Waals surface area contributed by atoms with Crippen molar-refractivity contribution in [2.75, 3.05) is 26.1 Å². The van der Waals surface area contributed by atoms with Crippen molar-refractivity contribution in [2.24, 2.45) is 0 Å². The minimum Gasteiger partial charge on any atom is -0.493 e. The van der Waals surface area contributed by atoms with Crippen molar-refractivity contribution >= 4 is 11.7 Å². The van der Waals surface area contributed by atoms with E-state index in [1.54, 1.807) is 38.5 Å². The van der Waals surface area contributed by atoms with Gasteiger partial charge in [0.2, 0.25) is 0 Å². The highest BCUT2D eigenvalue weighted by molar-refractivity contribution is 5.90. The zero-order valence-corrected chi connectivity index (χ0v) is 15.4. The lowest BCUT2D eigenvalue weighted by Gasteiger charge is -2.26. The maximum absolute atomic E-state index is 12.2. The number of nitriles is 1. The van der Waals surface area contributed by atoms with E-state index in [9.17, 15) is 4.79 Å². The summed E-state index contributed by atoms with van der Waals surface area (Å²) in [6.07, 6.45) is 0. The van der Waals surface area contributed by atoms with Crippen LogP contribution in [0.2, 0.25) is 0 Å². The number of urea groups is 1. The second kappa shape index (κ2) is 8.26. The van der Waals surface area contributed by atoms with Crippen molar-refractivity contribution in [3.8, 4) is 17.6 Å². The van der Waals surface area contributed by atoms with Crippen LogP contribution in [-0.4, -0.2) is 26.8 Å². The highest BCUT2D eigenvalue weighted by Crippen LogP contribution is 2.32. The number of rotatable bonds is 6. The Kier molecular flexibility index (Phi) is 6.07. The number of amides is 2. The predicted molar refractivity (Wildman–Crippen MR) is 101 cm³/mol. The van der Waals surface area contributed by atoms with E-state index >= 15 is 0 Å². The number of anilines is 1. The van der Waals surface area contributed by atoms with Crippen LogP contribution in [0.3, 0.4) is 0 Å². The normalized spacial score (nSPS) is 10.6. The summed E-state index contributed by atoms with van der Waals surface area (Å²) in [4.78, 5) is 12.2. The highest BCUT2D eigenvalue weighted by atomic mass is 16.5. The molecule has 0 bridgehead atoms. The van der Waals surface area contributed by atoms with Crippen LogP contribution < -0.4 is 20.1 Å². The van der Waals surface area contributed by atoms with E-state index in [-0.39, 0.29) is 11.4 Å². The molecule has 0 aliphatic heterocycles. The van der Waals surface area contributed by atoms with Crippen molar-refractivity contribution in [1.29, 1.82) is 5.26 Å². The molecule has 2 N–H and O–H groups in total. The van der Waals surface area contributed by atoms with Crippen molar-refractivity contribution in [1.82, 2.24) is 5.32 Å².